The Kier molecular flexibility index (Phi) is 4.21. The zero-order valence-electron chi connectivity index (χ0n) is 9.04. The molecule has 1 atom stereocenters. The normalized spacial score (nSPS) is 11.9. The Bertz CT molecular complexity index is 330. The van der Waals surface area contributed by atoms with Crippen LogP contribution in [0.5, 0.6) is 0 Å². The SMILES string of the molecule is CC#CCCNC(C)c1cnn(C)c1. The monoisotopic (exact) mass is 191 g/mol. The van der Waals surface area contributed by atoms with Gasteiger partial charge in [-0.25, -0.2) is 0 Å². The number of hydrogen-bond acceptors (Lipinski definition) is 2. The highest BCUT2D eigenvalue weighted by Gasteiger charge is 2.05. The van der Waals surface area contributed by atoms with Crippen LogP contribution >= 0.6 is 0 Å². The van der Waals surface area contributed by atoms with E-state index in [9.17, 15) is 0 Å². The van der Waals surface area contributed by atoms with Crippen LogP contribution in [0.1, 0.15) is 31.9 Å². The third kappa shape index (κ3) is 3.23. The minimum absolute atomic E-state index is 0.349. The largest absolute Gasteiger partial charge is 0.309 e. The molecule has 0 fully saturated rings. The molecule has 1 rings (SSSR count). The lowest BCUT2D eigenvalue weighted by molar-refractivity contribution is 0.583. The van der Waals surface area contributed by atoms with Gasteiger partial charge < -0.3 is 5.32 Å². The van der Waals surface area contributed by atoms with E-state index >= 15 is 0 Å². The Morgan fingerprint density at radius 1 is 1.64 bits per heavy atom. The fraction of sp³-hybridized carbons (Fsp3) is 0.545. The van der Waals surface area contributed by atoms with Crippen molar-refractivity contribution in [2.24, 2.45) is 7.05 Å². The third-order valence-electron chi connectivity index (χ3n) is 2.10. The Morgan fingerprint density at radius 2 is 2.43 bits per heavy atom. The predicted molar refractivity (Wildman–Crippen MR) is 57.7 cm³/mol. The molecule has 0 bridgehead atoms. The van der Waals surface area contributed by atoms with Crippen molar-refractivity contribution >= 4 is 0 Å². The minimum atomic E-state index is 0.349. The van der Waals surface area contributed by atoms with Crippen molar-refractivity contribution in [1.82, 2.24) is 15.1 Å². The van der Waals surface area contributed by atoms with Crippen molar-refractivity contribution in [3.05, 3.63) is 18.0 Å². The highest BCUT2D eigenvalue weighted by atomic mass is 15.2. The number of aryl methyl sites for hydroxylation is 1. The molecule has 1 unspecified atom stereocenters. The molecule has 0 radical (unpaired) electrons. The molecular formula is C11H17N3. The maximum Gasteiger partial charge on any atom is 0.0537 e. The van der Waals surface area contributed by atoms with Gasteiger partial charge in [-0.2, -0.15) is 5.10 Å². The molecule has 0 amide bonds. The number of rotatable bonds is 4. The van der Waals surface area contributed by atoms with Crippen LogP contribution in [0.4, 0.5) is 0 Å². The van der Waals surface area contributed by atoms with E-state index in [1.165, 1.54) is 5.56 Å². The van der Waals surface area contributed by atoms with E-state index in [1.54, 1.807) is 0 Å². The van der Waals surface area contributed by atoms with Crippen LogP contribution in [0.3, 0.4) is 0 Å². The molecule has 0 aliphatic rings. The van der Waals surface area contributed by atoms with Crippen LogP contribution in [0.2, 0.25) is 0 Å². The van der Waals surface area contributed by atoms with Crippen molar-refractivity contribution < 1.29 is 0 Å². The lowest BCUT2D eigenvalue weighted by Gasteiger charge is -2.09. The topological polar surface area (TPSA) is 29.9 Å². The van der Waals surface area contributed by atoms with Crippen LogP contribution in [0, 0.1) is 11.8 Å². The molecule has 0 saturated heterocycles. The van der Waals surface area contributed by atoms with Gasteiger partial charge in [-0.15, -0.1) is 11.8 Å². The van der Waals surface area contributed by atoms with Crippen molar-refractivity contribution in [2.75, 3.05) is 6.54 Å². The average molecular weight is 191 g/mol. The standard InChI is InChI=1S/C11H17N3/c1-4-5-6-7-12-10(2)11-8-13-14(3)9-11/h8-10,12H,6-7H2,1-3H3. The zero-order chi connectivity index (χ0) is 10.4. The molecule has 1 aromatic heterocycles. The van der Waals surface area contributed by atoms with Gasteiger partial charge in [0.2, 0.25) is 0 Å². The highest BCUT2D eigenvalue weighted by molar-refractivity contribution is 5.09. The van der Waals surface area contributed by atoms with Gasteiger partial charge in [0, 0.05) is 37.8 Å². The smallest absolute Gasteiger partial charge is 0.0537 e. The Hall–Kier alpha value is -1.27. The number of nitrogens with zero attached hydrogens (tertiary/aromatic N) is 2. The molecule has 3 nitrogen and oxygen atoms in total. The van der Waals surface area contributed by atoms with Crippen molar-refractivity contribution in [3.8, 4) is 11.8 Å². The van der Waals surface area contributed by atoms with E-state index in [1.807, 2.05) is 31.0 Å². The molecule has 0 saturated carbocycles. The van der Waals surface area contributed by atoms with Gasteiger partial charge >= 0.3 is 0 Å². The molecule has 1 heterocycles. The summed E-state index contributed by atoms with van der Waals surface area (Å²) in [6, 6.07) is 0.349. The number of nitrogens with one attached hydrogen (secondary N) is 1. The predicted octanol–water partition coefficient (Wildman–Crippen LogP) is 1.48. The van der Waals surface area contributed by atoms with Crippen LogP contribution < -0.4 is 5.32 Å². The summed E-state index contributed by atoms with van der Waals surface area (Å²) < 4.78 is 1.82. The fourth-order valence-electron chi connectivity index (χ4n) is 1.26. The summed E-state index contributed by atoms with van der Waals surface area (Å²) in [6.45, 7) is 4.93. The average Bonchev–Trinajstić information content (AvgIpc) is 2.59. The molecule has 0 aliphatic heterocycles. The molecule has 0 aromatic carbocycles. The highest BCUT2D eigenvalue weighted by Crippen LogP contribution is 2.09. The molecule has 14 heavy (non-hydrogen) atoms. The second-order valence-corrected chi connectivity index (χ2v) is 3.30. The summed E-state index contributed by atoms with van der Waals surface area (Å²) in [5.74, 6) is 5.91. The molecule has 1 aromatic rings. The number of hydrogen-bond donors (Lipinski definition) is 1. The van der Waals surface area contributed by atoms with Crippen LogP contribution in [0.15, 0.2) is 12.4 Å². The Labute approximate surface area is 85.5 Å². The molecule has 0 spiro atoms. The van der Waals surface area contributed by atoms with E-state index in [-0.39, 0.29) is 0 Å². The lowest BCUT2D eigenvalue weighted by Crippen LogP contribution is -2.19. The lowest BCUT2D eigenvalue weighted by atomic mass is 10.2. The summed E-state index contributed by atoms with van der Waals surface area (Å²) in [6.07, 6.45) is 4.83. The first-order valence-corrected chi connectivity index (χ1v) is 4.85. The van der Waals surface area contributed by atoms with Crippen molar-refractivity contribution in [2.45, 2.75) is 26.3 Å². The maximum atomic E-state index is 4.13. The van der Waals surface area contributed by atoms with E-state index in [4.69, 9.17) is 0 Å². The first-order chi connectivity index (χ1) is 6.74. The molecule has 1 N–H and O–H groups in total. The Morgan fingerprint density at radius 3 is 3.00 bits per heavy atom. The van der Waals surface area contributed by atoms with Gasteiger partial charge in [0.15, 0.2) is 0 Å². The van der Waals surface area contributed by atoms with Gasteiger partial charge in [0.25, 0.3) is 0 Å². The van der Waals surface area contributed by atoms with Crippen LogP contribution in [-0.4, -0.2) is 16.3 Å². The van der Waals surface area contributed by atoms with Crippen molar-refractivity contribution in [1.29, 1.82) is 0 Å². The van der Waals surface area contributed by atoms with Crippen molar-refractivity contribution in [3.63, 3.8) is 0 Å². The first-order valence-electron chi connectivity index (χ1n) is 4.85. The minimum Gasteiger partial charge on any atom is -0.309 e. The molecular weight excluding hydrogens is 174 g/mol. The summed E-state index contributed by atoms with van der Waals surface area (Å²) >= 11 is 0. The fourth-order valence-corrected chi connectivity index (χ4v) is 1.26. The van der Waals surface area contributed by atoms with Gasteiger partial charge in [0.05, 0.1) is 6.20 Å². The van der Waals surface area contributed by atoms with E-state index in [0.717, 1.165) is 13.0 Å². The van der Waals surface area contributed by atoms with Gasteiger partial charge in [-0.3, -0.25) is 4.68 Å². The van der Waals surface area contributed by atoms with Crippen LogP contribution in [0.25, 0.3) is 0 Å². The second-order valence-electron chi connectivity index (χ2n) is 3.30. The quantitative estimate of drug-likeness (QED) is 0.577. The summed E-state index contributed by atoms with van der Waals surface area (Å²) in [5.41, 5.74) is 1.22. The summed E-state index contributed by atoms with van der Waals surface area (Å²) in [5, 5.41) is 7.52. The summed E-state index contributed by atoms with van der Waals surface area (Å²) in [7, 11) is 1.93. The van der Waals surface area contributed by atoms with Gasteiger partial charge in [-0.05, 0) is 13.8 Å². The maximum absolute atomic E-state index is 4.13. The Balaban J connectivity index is 2.34. The van der Waals surface area contributed by atoms with Gasteiger partial charge in [0.1, 0.15) is 0 Å². The van der Waals surface area contributed by atoms with E-state index < -0.39 is 0 Å². The van der Waals surface area contributed by atoms with E-state index in [2.05, 4.69) is 29.2 Å². The molecule has 3 heteroatoms. The third-order valence-corrected chi connectivity index (χ3v) is 2.10. The number of aromatic nitrogens is 2. The molecule has 0 aliphatic carbocycles. The zero-order valence-corrected chi connectivity index (χ0v) is 9.04. The van der Waals surface area contributed by atoms with E-state index in [0.29, 0.717) is 6.04 Å². The van der Waals surface area contributed by atoms with Crippen LogP contribution in [-0.2, 0) is 7.05 Å². The van der Waals surface area contributed by atoms with Gasteiger partial charge in [-0.1, -0.05) is 0 Å². The first kappa shape index (κ1) is 10.8. The molecule has 76 valence electrons. The second kappa shape index (κ2) is 5.46. The summed E-state index contributed by atoms with van der Waals surface area (Å²) in [4.78, 5) is 0.